The summed E-state index contributed by atoms with van der Waals surface area (Å²) < 4.78 is 55.4. The number of thiazole rings is 1. The van der Waals surface area contributed by atoms with E-state index in [4.69, 9.17) is 0 Å². The predicted octanol–water partition coefficient (Wildman–Crippen LogP) is 4.41. The summed E-state index contributed by atoms with van der Waals surface area (Å²) in [6.07, 6.45) is 2.63. The van der Waals surface area contributed by atoms with Crippen LogP contribution in [0.5, 0.6) is 0 Å². The topological polar surface area (TPSA) is 111 Å². The molecule has 2 heterocycles. The minimum absolute atomic E-state index is 0.0238. The highest BCUT2D eigenvalue weighted by atomic mass is 32.2. The number of rotatable bonds is 7. The van der Waals surface area contributed by atoms with Crippen molar-refractivity contribution in [2.45, 2.75) is 16.3 Å². The largest absolute Gasteiger partial charge is 0.267 e. The Morgan fingerprint density at radius 1 is 0.914 bits per heavy atom. The van der Waals surface area contributed by atoms with Gasteiger partial charge in [0, 0.05) is 18.0 Å². The number of hydrogen-bond acceptors (Lipinski definition) is 7. The van der Waals surface area contributed by atoms with E-state index in [9.17, 15) is 16.8 Å². The summed E-state index contributed by atoms with van der Waals surface area (Å²) in [7, 11) is -7.45. The molecule has 0 atom stereocenters. The van der Waals surface area contributed by atoms with Crippen molar-refractivity contribution < 1.29 is 16.8 Å². The molecule has 35 heavy (non-hydrogen) atoms. The molecule has 0 saturated heterocycles. The second-order valence-corrected chi connectivity index (χ2v) is 12.6. The van der Waals surface area contributed by atoms with Crippen LogP contribution in [0.3, 0.4) is 0 Å². The number of sulfonamides is 1. The fourth-order valence-corrected chi connectivity index (χ4v) is 6.63. The molecule has 1 N–H and O–H groups in total. The van der Waals surface area contributed by atoms with Crippen molar-refractivity contribution in [2.75, 3.05) is 11.0 Å². The molecule has 178 valence electrons. The van der Waals surface area contributed by atoms with Crippen LogP contribution in [0.4, 0.5) is 5.13 Å². The number of hydrogen-bond donors (Lipinski definition) is 1. The second kappa shape index (κ2) is 8.91. The monoisotopic (exact) mass is 524 g/mol. The lowest BCUT2D eigenvalue weighted by molar-refractivity contribution is 0.599. The van der Waals surface area contributed by atoms with Crippen molar-refractivity contribution in [2.24, 2.45) is 0 Å². The zero-order chi connectivity index (χ0) is 24.6. The molecule has 2 aromatic heterocycles. The normalized spacial score (nSPS) is 12.1. The summed E-state index contributed by atoms with van der Waals surface area (Å²) in [5.74, 6) is 0. The number of nitrogens with one attached hydrogen (secondary N) is 1. The summed E-state index contributed by atoms with van der Waals surface area (Å²) >= 11 is 1.07. The van der Waals surface area contributed by atoms with Gasteiger partial charge in [-0.1, -0.05) is 72.0 Å². The number of anilines is 1. The van der Waals surface area contributed by atoms with E-state index in [2.05, 4.69) is 14.8 Å². The van der Waals surface area contributed by atoms with Gasteiger partial charge < -0.3 is 0 Å². The Kier molecular flexibility index (Phi) is 5.91. The number of aromatic nitrogens is 3. The molecule has 0 aliphatic carbocycles. The van der Waals surface area contributed by atoms with Crippen LogP contribution in [0.1, 0.15) is 5.56 Å². The molecule has 0 amide bonds. The van der Waals surface area contributed by atoms with Crippen molar-refractivity contribution >= 4 is 46.5 Å². The summed E-state index contributed by atoms with van der Waals surface area (Å²) in [4.78, 5) is 4.50. The van der Waals surface area contributed by atoms with Gasteiger partial charge in [-0.2, -0.15) is 5.10 Å². The number of benzene rings is 3. The van der Waals surface area contributed by atoms with E-state index in [1.54, 1.807) is 22.9 Å². The molecule has 0 saturated carbocycles. The molecule has 0 bridgehead atoms. The first-order chi connectivity index (χ1) is 16.7. The average molecular weight is 525 g/mol. The highest BCUT2D eigenvalue weighted by molar-refractivity contribution is 7.93. The lowest BCUT2D eigenvalue weighted by Crippen LogP contribution is -2.13. The van der Waals surface area contributed by atoms with Crippen LogP contribution >= 0.6 is 11.3 Å². The molecular weight excluding hydrogens is 504 g/mol. The van der Waals surface area contributed by atoms with E-state index in [0.717, 1.165) is 23.2 Å². The van der Waals surface area contributed by atoms with Crippen LogP contribution in [0.2, 0.25) is 0 Å². The van der Waals surface area contributed by atoms with Gasteiger partial charge in [0.1, 0.15) is 10.6 Å². The minimum atomic E-state index is -4.05. The van der Waals surface area contributed by atoms with Gasteiger partial charge in [-0.25, -0.2) is 21.8 Å². The Balaban J connectivity index is 1.53. The molecule has 0 aliphatic rings. The third-order valence-electron chi connectivity index (χ3n) is 5.26. The number of fused-ring (bicyclic) bond motifs is 1. The minimum Gasteiger partial charge on any atom is -0.266 e. The van der Waals surface area contributed by atoms with E-state index in [1.807, 2.05) is 48.5 Å². The number of sulfone groups is 1. The van der Waals surface area contributed by atoms with Gasteiger partial charge in [0.25, 0.3) is 10.0 Å². The van der Waals surface area contributed by atoms with Crippen molar-refractivity contribution in [1.82, 2.24) is 14.8 Å². The van der Waals surface area contributed by atoms with Crippen molar-refractivity contribution in [3.63, 3.8) is 0 Å². The van der Waals surface area contributed by atoms with E-state index in [1.165, 1.54) is 18.3 Å². The molecule has 0 fully saturated rings. The van der Waals surface area contributed by atoms with Gasteiger partial charge in [-0.15, -0.1) is 0 Å². The predicted molar refractivity (Wildman–Crippen MR) is 137 cm³/mol. The lowest BCUT2D eigenvalue weighted by Gasteiger charge is -2.05. The number of nitrogens with zero attached hydrogens (tertiary/aromatic N) is 3. The summed E-state index contributed by atoms with van der Waals surface area (Å²) in [5, 5.41) is 4.72. The van der Waals surface area contributed by atoms with Gasteiger partial charge in [-0.3, -0.25) is 9.40 Å². The second-order valence-electron chi connectivity index (χ2n) is 7.92. The molecule has 8 nitrogen and oxygen atoms in total. The van der Waals surface area contributed by atoms with Gasteiger partial charge in [-0.05, 0) is 23.8 Å². The third-order valence-corrected chi connectivity index (χ3v) is 8.77. The van der Waals surface area contributed by atoms with Crippen LogP contribution in [0.25, 0.3) is 21.5 Å². The van der Waals surface area contributed by atoms with E-state index in [-0.39, 0.29) is 14.9 Å². The maximum Gasteiger partial charge on any atom is 0.267 e. The molecule has 5 aromatic rings. The van der Waals surface area contributed by atoms with Crippen LogP contribution in [-0.2, 0) is 26.4 Å². The fourth-order valence-electron chi connectivity index (χ4n) is 3.60. The smallest absolute Gasteiger partial charge is 0.266 e. The Bertz CT molecular complexity index is 1730. The van der Waals surface area contributed by atoms with Gasteiger partial charge in [0.15, 0.2) is 15.0 Å². The molecule has 0 aliphatic heterocycles. The lowest BCUT2D eigenvalue weighted by atomic mass is 10.2. The quantitative estimate of drug-likeness (QED) is 0.338. The van der Waals surface area contributed by atoms with Crippen molar-refractivity contribution in [3.05, 3.63) is 90.6 Å². The molecule has 11 heteroatoms. The van der Waals surface area contributed by atoms with Crippen LogP contribution in [0, 0.1) is 0 Å². The van der Waals surface area contributed by atoms with E-state index >= 15 is 0 Å². The first-order valence-corrected chi connectivity index (χ1v) is 14.7. The maximum atomic E-state index is 13.5. The van der Waals surface area contributed by atoms with Crippen molar-refractivity contribution in [3.8, 4) is 11.3 Å². The van der Waals surface area contributed by atoms with Crippen LogP contribution in [-0.4, -0.2) is 37.9 Å². The summed E-state index contributed by atoms with van der Waals surface area (Å²) in [6, 6.07) is 23.3. The Morgan fingerprint density at radius 2 is 1.60 bits per heavy atom. The Labute approximate surface area is 206 Å². The maximum absolute atomic E-state index is 13.5. The van der Waals surface area contributed by atoms with Crippen LogP contribution in [0.15, 0.2) is 94.9 Å². The molecule has 0 spiro atoms. The zero-order valence-electron chi connectivity index (χ0n) is 18.5. The van der Waals surface area contributed by atoms with E-state index < -0.39 is 19.9 Å². The zero-order valence-corrected chi connectivity index (χ0v) is 20.9. The van der Waals surface area contributed by atoms with Crippen molar-refractivity contribution in [1.29, 1.82) is 0 Å². The van der Waals surface area contributed by atoms with Gasteiger partial charge in [0.2, 0.25) is 0 Å². The molecule has 0 unspecified atom stereocenters. The average Bonchev–Trinajstić information content (AvgIpc) is 3.43. The molecule has 5 rings (SSSR count). The summed E-state index contributed by atoms with van der Waals surface area (Å²) in [5.41, 5.74) is 2.49. The molecule has 0 radical (unpaired) electrons. The van der Waals surface area contributed by atoms with Gasteiger partial charge >= 0.3 is 0 Å². The van der Waals surface area contributed by atoms with E-state index in [0.29, 0.717) is 28.0 Å². The highest BCUT2D eigenvalue weighted by Gasteiger charge is 2.25. The third kappa shape index (κ3) is 4.97. The first kappa shape index (κ1) is 23.2. The van der Waals surface area contributed by atoms with Crippen LogP contribution < -0.4 is 4.72 Å². The Hall–Kier alpha value is -3.54. The fraction of sp³-hybridized carbons (Fsp3) is 0.0833. The summed E-state index contributed by atoms with van der Waals surface area (Å²) in [6.45, 7) is 0.408. The highest BCUT2D eigenvalue weighted by Crippen LogP contribution is 2.32. The molecule has 3 aromatic carbocycles. The van der Waals surface area contributed by atoms with Gasteiger partial charge in [0.05, 0.1) is 21.7 Å². The Morgan fingerprint density at radius 3 is 2.29 bits per heavy atom. The first-order valence-electron chi connectivity index (χ1n) is 10.5. The molecular formula is C24H20N4O4S3. The standard InChI is InChI=1S/C24H20N4O4S3/c1-34(29,30)19-12-13-20-21(14-19)33-24(25-20)27-35(31,32)22-16-28(15-17-8-4-2-5-9-17)26-23(22)18-10-6-3-7-11-18/h2-14,16H,15H2,1H3,(H,25,27). The SMILES string of the molecule is CS(=O)(=O)c1ccc2nc(NS(=O)(=O)c3cn(Cc4ccccc4)nc3-c3ccccc3)sc2c1.